The first kappa shape index (κ1) is 17.3. The molecule has 3 aromatic rings. The molecule has 2 nitrogen and oxygen atoms in total. The highest BCUT2D eigenvalue weighted by atomic mass is 32.2. The molecule has 0 aromatic heterocycles. The second-order valence-corrected chi connectivity index (χ2v) is 7.23. The van der Waals surface area contributed by atoms with Gasteiger partial charge in [-0.3, -0.25) is 0 Å². The number of ether oxygens (including phenoxy) is 2. The van der Waals surface area contributed by atoms with E-state index in [4.69, 9.17) is 9.47 Å². The summed E-state index contributed by atoms with van der Waals surface area (Å²) in [6.07, 6.45) is 0. The molecule has 3 rings (SSSR count). The lowest BCUT2D eigenvalue weighted by Crippen LogP contribution is -2.07. The van der Waals surface area contributed by atoms with E-state index in [1.807, 2.05) is 48.5 Å². The van der Waals surface area contributed by atoms with Gasteiger partial charge in [-0.1, -0.05) is 0 Å². The minimum absolute atomic E-state index is 0.441. The molecule has 0 aliphatic rings. The predicted molar refractivity (Wildman–Crippen MR) is 94.5 cm³/mol. The predicted octanol–water partition coefficient (Wildman–Crippen LogP) is 5.08. The van der Waals surface area contributed by atoms with Crippen LogP contribution < -0.4 is 9.47 Å². The fourth-order valence-corrected chi connectivity index (χ4v) is 4.51. The quantitative estimate of drug-likeness (QED) is 0.592. The van der Waals surface area contributed by atoms with Gasteiger partial charge in [-0.2, -0.15) is 0 Å². The molecular weight excluding hydrogens is 342 g/mol. The molecule has 0 bridgehead atoms. The zero-order valence-corrected chi connectivity index (χ0v) is 14.6. The van der Waals surface area contributed by atoms with Crippen LogP contribution >= 0.6 is 0 Å². The Hall–Kier alpha value is -2.53. The number of hydrogen-bond acceptors (Lipinski definition) is 2. The summed E-state index contributed by atoms with van der Waals surface area (Å²) < 4.78 is 38.2. The van der Waals surface area contributed by atoms with Gasteiger partial charge in [-0.15, -0.1) is 0 Å². The standard InChI is InChI=1S/C20H17F2O2S/c1-23-15-4-8-17(9-5-15)25(18-10-6-16(24-2)7-11-18)20-12-3-14(21)13-19(20)22/h3-13H,1-2H3/q+1. The van der Waals surface area contributed by atoms with Crippen LogP contribution in [0.1, 0.15) is 0 Å². The van der Waals surface area contributed by atoms with Gasteiger partial charge in [0.1, 0.15) is 28.2 Å². The molecule has 0 unspecified atom stereocenters. The highest BCUT2D eigenvalue weighted by Gasteiger charge is 2.32. The second-order valence-electron chi connectivity index (χ2n) is 5.23. The van der Waals surface area contributed by atoms with Crippen molar-refractivity contribution in [3.63, 3.8) is 0 Å². The van der Waals surface area contributed by atoms with E-state index in [2.05, 4.69) is 0 Å². The van der Waals surface area contributed by atoms with Crippen molar-refractivity contribution in [3.05, 3.63) is 78.4 Å². The molecule has 0 N–H and O–H groups in total. The summed E-state index contributed by atoms with van der Waals surface area (Å²) in [5.74, 6) is 0.299. The molecular formula is C20H17F2O2S+. The van der Waals surface area contributed by atoms with Crippen molar-refractivity contribution < 1.29 is 18.3 Å². The smallest absolute Gasteiger partial charge is 0.202 e. The maximum absolute atomic E-state index is 14.5. The number of rotatable bonds is 5. The van der Waals surface area contributed by atoms with Crippen LogP contribution in [-0.4, -0.2) is 14.2 Å². The molecule has 0 heterocycles. The molecule has 0 saturated heterocycles. The molecule has 0 aliphatic heterocycles. The van der Waals surface area contributed by atoms with Gasteiger partial charge in [0.25, 0.3) is 0 Å². The second kappa shape index (κ2) is 7.57. The topological polar surface area (TPSA) is 18.5 Å². The van der Waals surface area contributed by atoms with Crippen molar-refractivity contribution in [3.8, 4) is 11.5 Å². The molecule has 25 heavy (non-hydrogen) atoms. The lowest BCUT2D eigenvalue weighted by atomic mass is 10.3. The first-order chi connectivity index (χ1) is 12.1. The Bertz CT molecular complexity index is 801. The van der Waals surface area contributed by atoms with Gasteiger partial charge < -0.3 is 9.47 Å². The first-order valence-electron chi connectivity index (χ1n) is 7.60. The Labute approximate surface area is 148 Å². The highest BCUT2D eigenvalue weighted by Crippen LogP contribution is 2.34. The summed E-state index contributed by atoms with van der Waals surface area (Å²) in [6, 6.07) is 18.6. The van der Waals surface area contributed by atoms with Gasteiger partial charge in [-0.25, -0.2) is 8.78 Å². The van der Waals surface area contributed by atoms with Gasteiger partial charge in [-0.05, 0) is 54.6 Å². The van der Waals surface area contributed by atoms with Crippen molar-refractivity contribution in [2.24, 2.45) is 0 Å². The summed E-state index contributed by atoms with van der Waals surface area (Å²) in [5, 5.41) is 0. The van der Waals surface area contributed by atoms with Crippen LogP contribution in [-0.2, 0) is 10.9 Å². The number of methoxy groups -OCH3 is 2. The van der Waals surface area contributed by atoms with Gasteiger partial charge in [0.15, 0.2) is 15.6 Å². The minimum atomic E-state index is -0.708. The summed E-state index contributed by atoms with van der Waals surface area (Å²) in [7, 11) is 2.48. The van der Waals surface area contributed by atoms with Gasteiger partial charge in [0, 0.05) is 12.1 Å². The van der Waals surface area contributed by atoms with E-state index in [9.17, 15) is 8.78 Å². The van der Waals surface area contributed by atoms with Crippen molar-refractivity contribution in [1.82, 2.24) is 0 Å². The van der Waals surface area contributed by atoms with Crippen molar-refractivity contribution in [1.29, 1.82) is 0 Å². The van der Waals surface area contributed by atoms with Crippen LogP contribution in [0.15, 0.2) is 81.4 Å². The molecule has 0 atom stereocenters. The van der Waals surface area contributed by atoms with Crippen LogP contribution in [0.25, 0.3) is 0 Å². The largest absolute Gasteiger partial charge is 0.497 e. The Morgan fingerprint density at radius 3 is 1.56 bits per heavy atom. The van der Waals surface area contributed by atoms with E-state index in [0.717, 1.165) is 27.4 Å². The van der Waals surface area contributed by atoms with Crippen LogP contribution in [0.4, 0.5) is 8.78 Å². The minimum Gasteiger partial charge on any atom is -0.497 e. The van der Waals surface area contributed by atoms with Crippen molar-refractivity contribution in [2.75, 3.05) is 14.2 Å². The van der Waals surface area contributed by atoms with Crippen LogP contribution in [0, 0.1) is 11.6 Å². The highest BCUT2D eigenvalue weighted by molar-refractivity contribution is 7.97. The van der Waals surface area contributed by atoms with Crippen molar-refractivity contribution in [2.45, 2.75) is 14.7 Å². The molecule has 0 amide bonds. The van der Waals surface area contributed by atoms with Gasteiger partial charge in [0.05, 0.1) is 14.2 Å². The lowest BCUT2D eigenvalue weighted by Gasteiger charge is -2.10. The average molecular weight is 359 g/mol. The third kappa shape index (κ3) is 3.77. The third-order valence-corrected chi connectivity index (χ3v) is 5.96. The number of halogens is 2. The molecule has 0 fully saturated rings. The van der Waals surface area contributed by atoms with Crippen LogP contribution in [0.2, 0.25) is 0 Å². The summed E-state index contributed by atoms with van der Waals surface area (Å²) in [5.41, 5.74) is 0. The molecule has 0 saturated carbocycles. The molecule has 0 radical (unpaired) electrons. The fourth-order valence-electron chi connectivity index (χ4n) is 2.45. The van der Waals surface area contributed by atoms with E-state index in [0.29, 0.717) is 4.90 Å². The molecule has 0 aliphatic carbocycles. The Balaban J connectivity index is 2.12. The maximum atomic E-state index is 14.5. The Kier molecular flexibility index (Phi) is 5.24. The molecule has 128 valence electrons. The third-order valence-electron chi connectivity index (χ3n) is 3.70. The number of benzene rings is 3. The van der Waals surface area contributed by atoms with Crippen molar-refractivity contribution >= 4 is 10.9 Å². The Morgan fingerprint density at radius 2 is 1.16 bits per heavy atom. The normalized spacial score (nSPS) is 10.8. The molecule has 0 spiro atoms. The van der Waals surface area contributed by atoms with E-state index in [-0.39, 0.29) is 0 Å². The number of hydrogen-bond donors (Lipinski definition) is 0. The molecule has 3 aromatic carbocycles. The van der Waals surface area contributed by atoms with E-state index < -0.39 is 22.5 Å². The van der Waals surface area contributed by atoms with Crippen LogP contribution in [0.5, 0.6) is 11.5 Å². The maximum Gasteiger partial charge on any atom is 0.202 e. The fraction of sp³-hybridized carbons (Fsp3) is 0.100. The zero-order valence-electron chi connectivity index (χ0n) is 13.8. The van der Waals surface area contributed by atoms with E-state index >= 15 is 0 Å². The summed E-state index contributed by atoms with van der Waals surface area (Å²) in [4.78, 5) is 2.27. The lowest BCUT2D eigenvalue weighted by molar-refractivity contribution is 0.414. The summed E-state index contributed by atoms with van der Waals surface area (Å²) in [6.45, 7) is 0. The monoisotopic (exact) mass is 359 g/mol. The van der Waals surface area contributed by atoms with Gasteiger partial charge >= 0.3 is 0 Å². The van der Waals surface area contributed by atoms with E-state index in [1.165, 1.54) is 12.1 Å². The molecule has 5 heteroatoms. The Morgan fingerprint density at radius 1 is 0.680 bits per heavy atom. The van der Waals surface area contributed by atoms with Crippen LogP contribution in [0.3, 0.4) is 0 Å². The summed E-state index contributed by atoms with van der Waals surface area (Å²) >= 11 is 0. The average Bonchev–Trinajstić information content (AvgIpc) is 2.65. The van der Waals surface area contributed by atoms with Gasteiger partial charge in [0.2, 0.25) is 4.90 Å². The zero-order chi connectivity index (χ0) is 17.8. The first-order valence-corrected chi connectivity index (χ1v) is 8.82. The SMILES string of the molecule is COc1ccc([S+](c2ccc(OC)cc2)c2ccc(F)cc2F)cc1. The van der Waals surface area contributed by atoms with E-state index in [1.54, 1.807) is 14.2 Å².